The molecule has 1 atom stereocenters. The molecule has 2 amide bonds. The van der Waals surface area contributed by atoms with Crippen LogP contribution in [0.25, 0.3) is 0 Å². The Morgan fingerprint density at radius 1 is 1.00 bits per heavy atom. The van der Waals surface area contributed by atoms with Gasteiger partial charge in [-0.15, -0.1) is 0 Å². The zero-order valence-corrected chi connectivity index (χ0v) is 17.8. The third-order valence-corrected chi connectivity index (χ3v) is 5.12. The first-order chi connectivity index (χ1) is 13.3. The van der Waals surface area contributed by atoms with E-state index in [9.17, 15) is 9.59 Å². The molecule has 0 radical (unpaired) electrons. The average Bonchev–Trinajstić information content (AvgIpc) is 2.66. The smallest absolute Gasteiger partial charge is 0.242 e. The molecule has 0 heterocycles. The van der Waals surface area contributed by atoms with Crippen molar-refractivity contribution < 1.29 is 9.59 Å². The van der Waals surface area contributed by atoms with Crippen molar-refractivity contribution in [1.29, 1.82) is 0 Å². The van der Waals surface area contributed by atoms with Crippen molar-refractivity contribution >= 4 is 23.4 Å². The summed E-state index contributed by atoms with van der Waals surface area (Å²) < 4.78 is 0. The number of hydrogen-bond donors (Lipinski definition) is 1. The Labute approximate surface area is 172 Å². The lowest BCUT2D eigenvalue weighted by molar-refractivity contribution is -0.140. The van der Waals surface area contributed by atoms with E-state index in [0.29, 0.717) is 24.0 Å². The fraction of sp³-hybridized carbons (Fsp3) is 0.391. The molecule has 4 nitrogen and oxygen atoms in total. The van der Waals surface area contributed by atoms with Crippen molar-refractivity contribution in [2.75, 3.05) is 6.54 Å². The molecule has 0 aromatic heterocycles. The van der Waals surface area contributed by atoms with Gasteiger partial charge in [-0.25, -0.2) is 0 Å². The van der Waals surface area contributed by atoms with Gasteiger partial charge in [0, 0.05) is 18.1 Å². The Morgan fingerprint density at radius 3 is 2.21 bits per heavy atom. The summed E-state index contributed by atoms with van der Waals surface area (Å²) in [5, 5.41) is 3.49. The maximum Gasteiger partial charge on any atom is 0.242 e. The Kier molecular flexibility index (Phi) is 8.06. The predicted octanol–water partition coefficient (Wildman–Crippen LogP) is 4.38. The maximum atomic E-state index is 13.2. The largest absolute Gasteiger partial charge is 0.354 e. The van der Waals surface area contributed by atoms with Crippen molar-refractivity contribution in [3.63, 3.8) is 0 Å². The van der Waals surface area contributed by atoms with Crippen LogP contribution in [0.3, 0.4) is 0 Å². The molecule has 0 spiro atoms. The van der Waals surface area contributed by atoms with Crippen LogP contribution in [0.15, 0.2) is 48.5 Å². The van der Waals surface area contributed by atoms with Crippen LogP contribution >= 0.6 is 11.6 Å². The number of benzene rings is 2. The van der Waals surface area contributed by atoms with E-state index in [0.717, 1.165) is 16.7 Å². The van der Waals surface area contributed by atoms with Gasteiger partial charge in [0.15, 0.2) is 0 Å². The molecule has 28 heavy (non-hydrogen) atoms. The summed E-state index contributed by atoms with van der Waals surface area (Å²) in [6.45, 7) is 8.83. The molecule has 0 aliphatic carbocycles. The van der Waals surface area contributed by atoms with E-state index in [4.69, 9.17) is 11.6 Å². The summed E-state index contributed by atoms with van der Waals surface area (Å²) in [5.74, 6) is 0.0816. The monoisotopic (exact) mass is 400 g/mol. The maximum absolute atomic E-state index is 13.2. The van der Waals surface area contributed by atoms with E-state index >= 15 is 0 Å². The van der Waals surface area contributed by atoms with E-state index in [2.05, 4.69) is 5.32 Å². The van der Waals surface area contributed by atoms with Gasteiger partial charge in [0.1, 0.15) is 6.04 Å². The first-order valence-electron chi connectivity index (χ1n) is 9.64. The van der Waals surface area contributed by atoms with Crippen LogP contribution in [0, 0.1) is 12.8 Å². The van der Waals surface area contributed by atoms with Gasteiger partial charge < -0.3 is 10.2 Å². The van der Waals surface area contributed by atoms with Gasteiger partial charge in [0.25, 0.3) is 0 Å². The average molecular weight is 401 g/mol. The third kappa shape index (κ3) is 6.10. The summed E-state index contributed by atoms with van der Waals surface area (Å²) in [5.41, 5.74) is 2.88. The van der Waals surface area contributed by atoms with E-state index in [1.54, 1.807) is 17.9 Å². The van der Waals surface area contributed by atoms with E-state index in [1.807, 2.05) is 63.2 Å². The molecule has 2 aromatic rings. The highest BCUT2D eigenvalue weighted by Crippen LogP contribution is 2.19. The number of nitrogens with zero attached hydrogens (tertiary/aromatic N) is 1. The highest BCUT2D eigenvalue weighted by Gasteiger charge is 2.27. The number of carbonyl (C=O) groups excluding carboxylic acids is 2. The molecule has 0 aliphatic rings. The Morgan fingerprint density at radius 2 is 1.61 bits per heavy atom. The lowest BCUT2D eigenvalue weighted by Gasteiger charge is -2.29. The molecule has 0 bridgehead atoms. The van der Waals surface area contributed by atoms with Crippen LogP contribution in [0.1, 0.15) is 37.5 Å². The summed E-state index contributed by atoms with van der Waals surface area (Å²) in [6.07, 6.45) is 0.160. The minimum atomic E-state index is -0.576. The minimum Gasteiger partial charge on any atom is -0.354 e. The second kappa shape index (κ2) is 10.3. The molecule has 0 saturated carbocycles. The molecule has 2 rings (SSSR count). The van der Waals surface area contributed by atoms with Gasteiger partial charge in [0.05, 0.1) is 6.42 Å². The fourth-order valence-electron chi connectivity index (χ4n) is 2.91. The van der Waals surface area contributed by atoms with E-state index in [-0.39, 0.29) is 18.2 Å². The summed E-state index contributed by atoms with van der Waals surface area (Å²) in [4.78, 5) is 27.4. The second-order valence-corrected chi connectivity index (χ2v) is 7.94. The van der Waals surface area contributed by atoms with Crippen molar-refractivity contribution in [2.45, 2.75) is 46.7 Å². The molecule has 1 N–H and O–H groups in total. The lowest BCUT2D eigenvalue weighted by Crippen LogP contribution is -2.48. The van der Waals surface area contributed by atoms with Crippen LogP contribution in [-0.2, 0) is 22.6 Å². The summed E-state index contributed by atoms with van der Waals surface area (Å²) in [6, 6.07) is 14.6. The van der Waals surface area contributed by atoms with Crippen LogP contribution in [0.2, 0.25) is 5.02 Å². The number of nitrogens with one attached hydrogen (secondary N) is 1. The highest BCUT2D eigenvalue weighted by atomic mass is 35.5. The van der Waals surface area contributed by atoms with Crippen LogP contribution in [0.4, 0.5) is 0 Å². The zero-order chi connectivity index (χ0) is 20.7. The number of carbonyl (C=O) groups is 2. The molecule has 0 aliphatic heterocycles. The molecule has 150 valence electrons. The number of hydrogen-bond acceptors (Lipinski definition) is 2. The quantitative estimate of drug-likeness (QED) is 0.714. The molecule has 0 saturated heterocycles. The SMILES string of the molecule is Cc1ccccc1CN(C(=O)Cc1ccccc1Cl)[C@H](C)C(=O)NCC(C)C. The fourth-order valence-corrected chi connectivity index (χ4v) is 3.11. The topological polar surface area (TPSA) is 49.4 Å². The van der Waals surface area contributed by atoms with Gasteiger partial charge in [-0.05, 0) is 42.5 Å². The van der Waals surface area contributed by atoms with Crippen molar-refractivity contribution in [2.24, 2.45) is 5.92 Å². The first-order valence-corrected chi connectivity index (χ1v) is 10.0. The second-order valence-electron chi connectivity index (χ2n) is 7.53. The number of aryl methyl sites for hydroxylation is 1. The summed E-state index contributed by atoms with van der Waals surface area (Å²) >= 11 is 6.24. The molecular formula is C23H29ClN2O2. The minimum absolute atomic E-state index is 0.122. The third-order valence-electron chi connectivity index (χ3n) is 4.75. The van der Waals surface area contributed by atoms with Gasteiger partial charge >= 0.3 is 0 Å². The van der Waals surface area contributed by atoms with E-state index in [1.165, 1.54) is 0 Å². The standard InChI is InChI=1S/C23H29ClN2O2/c1-16(2)14-25-23(28)18(4)26(15-20-11-6-5-9-17(20)3)22(27)13-19-10-7-8-12-21(19)24/h5-12,16,18H,13-15H2,1-4H3,(H,25,28)/t18-/m1/s1. The predicted molar refractivity (Wildman–Crippen MR) is 114 cm³/mol. The van der Waals surface area contributed by atoms with Crippen molar-refractivity contribution in [1.82, 2.24) is 10.2 Å². The van der Waals surface area contributed by atoms with Crippen molar-refractivity contribution in [3.05, 3.63) is 70.2 Å². The zero-order valence-electron chi connectivity index (χ0n) is 17.0. The Hall–Kier alpha value is -2.33. The van der Waals surface area contributed by atoms with Crippen LogP contribution < -0.4 is 5.32 Å². The van der Waals surface area contributed by atoms with E-state index < -0.39 is 6.04 Å². The van der Waals surface area contributed by atoms with Gasteiger partial charge in [-0.2, -0.15) is 0 Å². The van der Waals surface area contributed by atoms with Gasteiger partial charge in [-0.3, -0.25) is 9.59 Å². The molecular weight excluding hydrogens is 372 g/mol. The van der Waals surface area contributed by atoms with Gasteiger partial charge in [0.2, 0.25) is 11.8 Å². The highest BCUT2D eigenvalue weighted by molar-refractivity contribution is 6.31. The Bertz CT molecular complexity index is 820. The Balaban J connectivity index is 2.24. The summed E-state index contributed by atoms with van der Waals surface area (Å²) in [7, 11) is 0. The number of rotatable bonds is 8. The van der Waals surface area contributed by atoms with Crippen molar-refractivity contribution in [3.8, 4) is 0 Å². The molecule has 0 unspecified atom stereocenters. The first kappa shape index (κ1) is 22.0. The molecule has 5 heteroatoms. The number of amides is 2. The number of halogens is 1. The normalized spacial score (nSPS) is 11.9. The van der Waals surface area contributed by atoms with Gasteiger partial charge in [-0.1, -0.05) is 67.9 Å². The lowest BCUT2D eigenvalue weighted by atomic mass is 10.1. The van der Waals surface area contributed by atoms with Crippen LogP contribution in [0.5, 0.6) is 0 Å². The van der Waals surface area contributed by atoms with Crippen LogP contribution in [-0.4, -0.2) is 29.3 Å². The molecule has 0 fully saturated rings. The molecule has 2 aromatic carbocycles.